The molecular weight excluding hydrogens is 182 g/mol. The Morgan fingerprint density at radius 1 is 1.46 bits per heavy atom. The standard InChI is InChI=1S/C10H7NOS/c1-2-7-6-11-8-3-5-13-10(8)9(7)12-4-1/h1-5H,6H2. The van der Waals surface area contributed by atoms with Crippen LogP contribution < -0.4 is 9.89 Å². The molecule has 2 nitrogen and oxygen atoms in total. The molecule has 0 aliphatic carbocycles. The third-order valence-corrected chi connectivity index (χ3v) is 3.03. The molecule has 1 aromatic rings. The van der Waals surface area contributed by atoms with Crippen molar-refractivity contribution in [2.75, 3.05) is 6.54 Å². The summed E-state index contributed by atoms with van der Waals surface area (Å²) < 4.78 is 6.64. The summed E-state index contributed by atoms with van der Waals surface area (Å²) in [6, 6.07) is 2.03. The van der Waals surface area contributed by atoms with E-state index in [2.05, 4.69) is 11.1 Å². The van der Waals surface area contributed by atoms with Gasteiger partial charge in [-0.1, -0.05) is 6.08 Å². The zero-order valence-electron chi connectivity index (χ0n) is 6.86. The molecule has 0 fully saturated rings. The van der Waals surface area contributed by atoms with Gasteiger partial charge >= 0.3 is 0 Å². The predicted molar refractivity (Wildman–Crippen MR) is 51.7 cm³/mol. The van der Waals surface area contributed by atoms with Gasteiger partial charge in [-0.05, 0) is 17.5 Å². The fourth-order valence-electron chi connectivity index (χ4n) is 1.51. The average molecular weight is 189 g/mol. The van der Waals surface area contributed by atoms with Gasteiger partial charge in [-0.2, -0.15) is 0 Å². The van der Waals surface area contributed by atoms with Gasteiger partial charge in [0.05, 0.1) is 22.7 Å². The molecular formula is C10H7NOS. The number of rotatable bonds is 0. The van der Waals surface area contributed by atoms with Gasteiger partial charge in [0.2, 0.25) is 0 Å². The third kappa shape index (κ3) is 0.971. The van der Waals surface area contributed by atoms with E-state index in [1.165, 1.54) is 5.57 Å². The molecule has 64 valence electrons. The van der Waals surface area contributed by atoms with Gasteiger partial charge < -0.3 is 4.74 Å². The summed E-state index contributed by atoms with van der Waals surface area (Å²) in [5, 5.41) is 3.11. The maximum Gasteiger partial charge on any atom is 0.150 e. The maximum atomic E-state index is 5.48. The molecule has 2 aliphatic rings. The molecule has 0 saturated heterocycles. The number of hydrogen-bond donors (Lipinski definition) is 0. The molecule has 13 heavy (non-hydrogen) atoms. The lowest BCUT2D eigenvalue weighted by Crippen LogP contribution is -2.28. The largest absolute Gasteiger partial charge is 0.463 e. The Balaban J connectivity index is 2.42. The number of nitrogens with zero attached hydrogens (tertiary/aromatic N) is 1. The Kier molecular flexibility index (Phi) is 1.40. The van der Waals surface area contributed by atoms with Crippen LogP contribution in [0.3, 0.4) is 0 Å². The maximum absolute atomic E-state index is 5.48. The van der Waals surface area contributed by atoms with Gasteiger partial charge in [0, 0.05) is 5.57 Å². The van der Waals surface area contributed by atoms with Crippen LogP contribution in [0.5, 0.6) is 0 Å². The Hall–Kier alpha value is -1.35. The first kappa shape index (κ1) is 7.09. The van der Waals surface area contributed by atoms with E-state index in [0.717, 1.165) is 22.2 Å². The van der Waals surface area contributed by atoms with Crippen LogP contribution in [-0.4, -0.2) is 6.54 Å². The minimum Gasteiger partial charge on any atom is -0.463 e. The van der Waals surface area contributed by atoms with Gasteiger partial charge in [-0.3, -0.25) is 4.99 Å². The highest BCUT2D eigenvalue weighted by Gasteiger charge is 2.14. The van der Waals surface area contributed by atoms with E-state index < -0.39 is 0 Å². The molecule has 0 aromatic carbocycles. The number of hydrogen-bond acceptors (Lipinski definition) is 3. The van der Waals surface area contributed by atoms with Crippen LogP contribution in [0.15, 0.2) is 40.4 Å². The fourth-order valence-corrected chi connectivity index (χ4v) is 2.38. The summed E-state index contributed by atoms with van der Waals surface area (Å²) in [7, 11) is 0. The second-order valence-corrected chi connectivity index (χ2v) is 3.83. The first-order valence-corrected chi connectivity index (χ1v) is 4.98. The van der Waals surface area contributed by atoms with Crippen LogP contribution in [-0.2, 0) is 4.74 Å². The molecule has 0 spiro atoms. The number of allylic oxidation sites excluding steroid dienone is 2. The monoisotopic (exact) mass is 189 g/mol. The van der Waals surface area contributed by atoms with Crippen LogP contribution in [0, 0.1) is 0 Å². The summed E-state index contributed by atoms with van der Waals surface area (Å²) >= 11 is 1.68. The lowest BCUT2D eigenvalue weighted by Gasteiger charge is -2.13. The lowest BCUT2D eigenvalue weighted by atomic mass is 10.1. The zero-order valence-corrected chi connectivity index (χ0v) is 7.67. The number of fused-ring (bicyclic) bond motifs is 2. The molecule has 3 rings (SSSR count). The van der Waals surface area contributed by atoms with Gasteiger partial charge in [-0.15, -0.1) is 11.3 Å². The van der Waals surface area contributed by atoms with Crippen molar-refractivity contribution in [3.63, 3.8) is 0 Å². The molecule has 0 N–H and O–H groups in total. The second kappa shape index (κ2) is 2.57. The van der Waals surface area contributed by atoms with Crippen molar-refractivity contribution >= 4 is 17.1 Å². The topological polar surface area (TPSA) is 21.6 Å². The van der Waals surface area contributed by atoms with E-state index in [1.54, 1.807) is 17.6 Å². The van der Waals surface area contributed by atoms with Crippen molar-refractivity contribution in [3.8, 4) is 0 Å². The van der Waals surface area contributed by atoms with Gasteiger partial charge in [-0.25, -0.2) is 0 Å². The first-order valence-electron chi connectivity index (χ1n) is 4.10. The molecule has 0 amide bonds. The molecule has 2 aliphatic heterocycles. The summed E-state index contributed by atoms with van der Waals surface area (Å²) in [4.78, 5) is 4.44. The van der Waals surface area contributed by atoms with E-state index in [-0.39, 0.29) is 0 Å². The Morgan fingerprint density at radius 3 is 3.46 bits per heavy atom. The summed E-state index contributed by atoms with van der Waals surface area (Å²) in [6.07, 6.45) is 5.69. The highest BCUT2D eigenvalue weighted by atomic mass is 32.1. The second-order valence-electron chi connectivity index (χ2n) is 2.92. The van der Waals surface area contributed by atoms with E-state index in [9.17, 15) is 0 Å². The van der Waals surface area contributed by atoms with Crippen LogP contribution in [0.1, 0.15) is 0 Å². The number of ether oxygens (including phenoxy) is 1. The molecule has 3 heteroatoms. The van der Waals surface area contributed by atoms with Crippen molar-refractivity contribution in [2.45, 2.75) is 0 Å². The average Bonchev–Trinajstić information content (AvgIpc) is 2.65. The van der Waals surface area contributed by atoms with Crippen LogP contribution in [0.2, 0.25) is 0 Å². The molecule has 0 radical (unpaired) electrons. The summed E-state index contributed by atoms with van der Waals surface area (Å²) in [6.45, 7) is 0.739. The van der Waals surface area contributed by atoms with Crippen LogP contribution in [0.25, 0.3) is 5.76 Å². The smallest absolute Gasteiger partial charge is 0.150 e. The highest BCUT2D eigenvalue weighted by molar-refractivity contribution is 7.07. The number of thiophene rings is 1. The van der Waals surface area contributed by atoms with E-state index in [1.807, 2.05) is 17.5 Å². The lowest BCUT2D eigenvalue weighted by molar-refractivity contribution is 0.425. The van der Waals surface area contributed by atoms with Crippen LogP contribution >= 0.6 is 11.3 Å². The van der Waals surface area contributed by atoms with Gasteiger partial charge in [0.1, 0.15) is 0 Å². The van der Waals surface area contributed by atoms with Crippen LogP contribution in [0.4, 0.5) is 0 Å². The molecule has 1 aromatic heterocycles. The SMILES string of the molecule is C1=COC2=c3sccc3=NCC2=C1. The van der Waals surface area contributed by atoms with Crippen molar-refractivity contribution < 1.29 is 4.74 Å². The van der Waals surface area contributed by atoms with Crippen molar-refractivity contribution in [1.82, 2.24) is 0 Å². The minimum absolute atomic E-state index is 0.739. The quantitative estimate of drug-likeness (QED) is 0.595. The fraction of sp³-hybridized carbons (Fsp3) is 0.100. The van der Waals surface area contributed by atoms with E-state index in [4.69, 9.17) is 4.74 Å². The van der Waals surface area contributed by atoms with E-state index >= 15 is 0 Å². The van der Waals surface area contributed by atoms with Gasteiger partial charge in [0.25, 0.3) is 0 Å². The van der Waals surface area contributed by atoms with E-state index in [0.29, 0.717) is 0 Å². The predicted octanol–water partition coefficient (Wildman–Crippen LogP) is 0.960. The third-order valence-electron chi connectivity index (χ3n) is 2.12. The normalized spacial score (nSPS) is 18.2. The highest BCUT2D eigenvalue weighted by Crippen LogP contribution is 2.18. The molecule has 3 heterocycles. The summed E-state index contributed by atoms with van der Waals surface area (Å²) in [5.74, 6) is 0.988. The Bertz CT molecular complexity index is 521. The summed E-state index contributed by atoms with van der Waals surface area (Å²) in [5.41, 5.74) is 1.18. The Morgan fingerprint density at radius 2 is 2.46 bits per heavy atom. The van der Waals surface area contributed by atoms with Crippen molar-refractivity contribution in [3.05, 3.63) is 45.3 Å². The van der Waals surface area contributed by atoms with Crippen molar-refractivity contribution in [1.29, 1.82) is 0 Å². The first-order chi connectivity index (χ1) is 6.45. The molecule has 0 unspecified atom stereocenters. The molecule has 0 saturated carbocycles. The minimum atomic E-state index is 0.739. The molecule has 0 bridgehead atoms. The molecule has 0 atom stereocenters. The Labute approximate surface area is 79.2 Å². The van der Waals surface area contributed by atoms with Crippen molar-refractivity contribution in [2.24, 2.45) is 4.99 Å². The van der Waals surface area contributed by atoms with Gasteiger partial charge in [0.15, 0.2) is 5.76 Å². The zero-order chi connectivity index (χ0) is 8.67.